The lowest BCUT2D eigenvalue weighted by Gasteiger charge is -2.12. The van der Waals surface area contributed by atoms with Crippen LogP contribution in [0.3, 0.4) is 0 Å². The Morgan fingerprint density at radius 2 is 2.00 bits per heavy atom. The fourth-order valence-corrected chi connectivity index (χ4v) is 1.23. The van der Waals surface area contributed by atoms with Gasteiger partial charge in [-0.3, -0.25) is 0 Å². The predicted molar refractivity (Wildman–Crippen MR) is 67.4 cm³/mol. The molecule has 0 saturated heterocycles. The quantitative estimate of drug-likeness (QED) is 0.555. The van der Waals surface area contributed by atoms with E-state index >= 15 is 0 Å². The molecular weight excluding hydrogens is 200 g/mol. The van der Waals surface area contributed by atoms with Gasteiger partial charge >= 0.3 is 0 Å². The molecule has 0 heterocycles. The Bertz CT molecular complexity index is 378. The van der Waals surface area contributed by atoms with Crippen LogP contribution in [0.2, 0.25) is 0 Å². The van der Waals surface area contributed by atoms with Gasteiger partial charge in [0.25, 0.3) is 0 Å². The largest absolute Gasteiger partial charge is 0.497 e. The maximum atomic E-state index is 5.69. The molecule has 0 fully saturated rings. The fourth-order valence-electron chi connectivity index (χ4n) is 1.23. The maximum absolute atomic E-state index is 5.69. The summed E-state index contributed by atoms with van der Waals surface area (Å²) in [6.45, 7) is 7.75. The van der Waals surface area contributed by atoms with Crippen LogP contribution in [-0.2, 0) is 4.74 Å². The summed E-state index contributed by atoms with van der Waals surface area (Å²) in [5.41, 5.74) is 1.02. The van der Waals surface area contributed by atoms with Gasteiger partial charge in [0.15, 0.2) is 0 Å². The van der Waals surface area contributed by atoms with Crippen molar-refractivity contribution in [2.24, 2.45) is 0 Å². The molecule has 2 nitrogen and oxygen atoms in total. The second-order valence-electron chi connectivity index (χ2n) is 3.71. The van der Waals surface area contributed by atoms with Crippen LogP contribution in [0.15, 0.2) is 42.7 Å². The average molecular weight is 218 g/mol. The van der Waals surface area contributed by atoms with Gasteiger partial charge in [-0.15, -0.1) is 0 Å². The molecule has 0 aliphatic rings. The first-order chi connectivity index (χ1) is 7.63. The van der Waals surface area contributed by atoms with E-state index in [-0.39, 0.29) is 6.10 Å². The van der Waals surface area contributed by atoms with Crippen LogP contribution >= 0.6 is 0 Å². The van der Waals surface area contributed by atoms with Gasteiger partial charge in [-0.25, -0.2) is 0 Å². The summed E-state index contributed by atoms with van der Waals surface area (Å²) >= 11 is 0. The lowest BCUT2D eigenvalue weighted by atomic mass is 10.2. The molecule has 0 aliphatic heterocycles. The molecule has 0 aliphatic carbocycles. The standard InChI is InChI=1S/C14H18O2/c1-11(2)16-14-8-6-5-7-13(14)10-9-12(3)15-4/h5-11H,3H2,1-2,4H3/b10-9+. The third-order valence-electron chi connectivity index (χ3n) is 1.99. The Balaban J connectivity index is 2.86. The van der Waals surface area contributed by atoms with Crippen molar-refractivity contribution in [3.63, 3.8) is 0 Å². The molecule has 0 bridgehead atoms. The zero-order valence-corrected chi connectivity index (χ0v) is 10.1. The van der Waals surface area contributed by atoms with Crippen molar-refractivity contribution in [3.8, 4) is 5.75 Å². The molecule has 0 saturated carbocycles. The number of methoxy groups -OCH3 is 1. The minimum atomic E-state index is 0.167. The number of hydrogen-bond donors (Lipinski definition) is 0. The summed E-state index contributed by atoms with van der Waals surface area (Å²) in [5, 5.41) is 0. The Kier molecular flexibility index (Phi) is 4.65. The van der Waals surface area contributed by atoms with Crippen molar-refractivity contribution in [3.05, 3.63) is 48.2 Å². The van der Waals surface area contributed by atoms with Crippen LogP contribution in [0, 0.1) is 0 Å². The van der Waals surface area contributed by atoms with Crippen molar-refractivity contribution < 1.29 is 9.47 Å². The lowest BCUT2D eigenvalue weighted by molar-refractivity contribution is 0.242. The van der Waals surface area contributed by atoms with Crippen LogP contribution in [0.4, 0.5) is 0 Å². The molecule has 0 spiro atoms. The molecule has 0 unspecified atom stereocenters. The molecule has 0 N–H and O–H groups in total. The van der Waals surface area contributed by atoms with Gasteiger partial charge in [0.2, 0.25) is 0 Å². The van der Waals surface area contributed by atoms with Gasteiger partial charge in [-0.05, 0) is 32.1 Å². The molecule has 2 heteroatoms. The average Bonchev–Trinajstić information content (AvgIpc) is 2.26. The van der Waals surface area contributed by atoms with Gasteiger partial charge in [0.1, 0.15) is 11.5 Å². The topological polar surface area (TPSA) is 18.5 Å². The Hall–Kier alpha value is -1.70. The molecule has 1 aromatic carbocycles. The third kappa shape index (κ3) is 3.81. The second-order valence-corrected chi connectivity index (χ2v) is 3.71. The summed E-state index contributed by atoms with van der Waals surface area (Å²) in [6.07, 6.45) is 3.92. The predicted octanol–water partition coefficient (Wildman–Crippen LogP) is 3.65. The monoisotopic (exact) mass is 218 g/mol. The summed E-state index contributed by atoms with van der Waals surface area (Å²) in [7, 11) is 1.60. The van der Waals surface area contributed by atoms with E-state index in [9.17, 15) is 0 Å². The van der Waals surface area contributed by atoms with E-state index in [2.05, 4.69) is 6.58 Å². The van der Waals surface area contributed by atoms with Gasteiger partial charge in [0, 0.05) is 5.56 Å². The Labute approximate surface area is 97.2 Å². The molecule has 0 aromatic heterocycles. The molecule has 1 rings (SSSR count). The molecular formula is C14H18O2. The maximum Gasteiger partial charge on any atom is 0.126 e. The first-order valence-electron chi connectivity index (χ1n) is 5.30. The summed E-state index contributed by atoms with van der Waals surface area (Å²) in [4.78, 5) is 0. The van der Waals surface area contributed by atoms with Crippen LogP contribution in [0.1, 0.15) is 19.4 Å². The second kappa shape index (κ2) is 6.01. The summed E-state index contributed by atoms with van der Waals surface area (Å²) < 4.78 is 10.7. The van der Waals surface area contributed by atoms with Gasteiger partial charge in [0.05, 0.1) is 13.2 Å². The van der Waals surface area contributed by atoms with Crippen molar-refractivity contribution in [2.45, 2.75) is 20.0 Å². The minimum Gasteiger partial charge on any atom is -0.497 e. The van der Waals surface area contributed by atoms with Gasteiger partial charge in [-0.2, -0.15) is 0 Å². The number of benzene rings is 1. The van der Waals surface area contributed by atoms with Crippen LogP contribution in [0.25, 0.3) is 6.08 Å². The molecule has 0 amide bonds. The van der Waals surface area contributed by atoms with E-state index in [1.165, 1.54) is 0 Å². The van der Waals surface area contributed by atoms with Crippen molar-refractivity contribution in [1.82, 2.24) is 0 Å². The zero-order valence-electron chi connectivity index (χ0n) is 10.1. The van der Waals surface area contributed by atoms with Crippen molar-refractivity contribution >= 4 is 6.08 Å². The highest BCUT2D eigenvalue weighted by atomic mass is 16.5. The smallest absolute Gasteiger partial charge is 0.126 e. The Morgan fingerprint density at radius 1 is 1.31 bits per heavy atom. The van der Waals surface area contributed by atoms with Gasteiger partial charge in [-0.1, -0.05) is 24.8 Å². The number of hydrogen-bond acceptors (Lipinski definition) is 2. The van der Waals surface area contributed by atoms with E-state index in [0.717, 1.165) is 11.3 Å². The van der Waals surface area contributed by atoms with Crippen LogP contribution < -0.4 is 4.74 Å². The highest BCUT2D eigenvalue weighted by Gasteiger charge is 2.01. The SMILES string of the molecule is C=C(/C=C/c1ccccc1OC(C)C)OC. The van der Waals surface area contributed by atoms with Crippen molar-refractivity contribution in [1.29, 1.82) is 0 Å². The highest BCUT2D eigenvalue weighted by Crippen LogP contribution is 2.21. The number of para-hydroxylation sites is 1. The number of rotatable bonds is 5. The Morgan fingerprint density at radius 3 is 2.62 bits per heavy atom. The highest BCUT2D eigenvalue weighted by molar-refractivity contribution is 5.58. The molecule has 16 heavy (non-hydrogen) atoms. The molecule has 1 aromatic rings. The van der Waals surface area contributed by atoms with E-state index < -0.39 is 0 Å². The lowest BCUT2D eigenvalue weighted by Crippen LogP contribution is -2.06. The van der Waals surface area contributed by atoms with Crippen LogP contribution in [0.5, 0.6) is 5.75 Å². The zero-order chi connectivity index (χ0) is 12.0. The van der Waals surface area contributed by atoms with E-state index in [4.69, 9.17) is 9.47 Å². The van der Waals surface area contributed by atoms with Crippen LogP contribution in [-0.4, -0.2) is 13.2 Å². The number of ether oxygens (including phenoxy) is 2. The summed E-state index contributed by atoms with van der Waals surface area (Å²) in [5.74, 6) is 1.50. The van der Waals surface area contributed by atoms with E-state index in [1.54, 1.807) is 7.11 Å². The molecule has 86 valence electrons. The van der Waals surface area contributed by atoms with E-state index in [1.807, 2.05) is 50.3 Å². The first kappa shape index (κ1) is 12.4. The van der Waals surface area contributed by atoms with E-state index in [0.29, 0.717) is 5.76 Å². The normalized spacial score (nSPS) is 10.8. The first-order valence-corrected chi connectivity index (χ1v) is 5.30. The third-order valence-corrected chi connectivity index (χ3v) is 1.99. The number of allylic oxidation sites excluding steroid dienone is 1. The van der Waals surface area contributed by atoms with Crippen molar-refractivity contribution in [2.75, 3.05) is 7.11 Å². The molecule has 0 radical (unpaired) electrons. The summed E-state index contributed by atoms with van der Waals surface area (Å²) in [6, 6.07) is 7.88. The minimum absolute atomic E-state index is 0.167. The van der Waals surface area contributed by atoms with Gasteiger partial charge < -0.3 is 9.47 Å². The fraction of sp³-hybridized carbons (Fsp3) is 0.286. The molecule has 0 atom stereocenters.